The molecule has 2 aromatic carbocycles. The van der Waals surface area contributed by atoms with E-state index in [-0.39, 0.29) is 0 Å². The Kier molecular flexibility index (Phi) is 3.93. The minimum absolute atomic E-state index is 0.658. The predicted octanol–water partition coefficient (Wildman–Crippen LogP) is 4.51. The molecule has 3 rings (SSSR count). The number of nitrogens with one attached hydrogen (secondary N) is 1. The summed E-state index contributed by atoms with van der Waals surface area (Å²) < 4.78 is 5.34. The van der Waals surface area contributed by atoms with E-state index in [0.717, 1.165) is 22.4 Å². The van der Waals surface area contributed by atoms with Crippen LogP contribution in [0.3, 0.4) is 0 Å². The molecule has 0 unspecified atom stereocenters. The fourth-order valence-corrected chi connectivity index (χ4v) is 2.50. The maximum Gasteiger partial charge on any atom is 0.142 e. The van der Waals surface area contributed by atoms with Crippen LogP contribution in [0.15, 0.2) is 54.9 Å². The molecule has 0 saturated heterocycles. The third-order valence-corrected chi connectivity index (χ3v) is 3.62. The number of anilines is 1. The van der Waals surface area contributed by atoms with Crippen LogP contribution in [0.25, 0.3) is 10.8 Å². The number of methoxy groups -OCH3 is 1. The van der Waals surface area contributed by atoms with Crippen molar-refractivity contribution in [3.63, 3.8) is 0 Å². The molecule has 4 heteroatoms. The van der Waals surface area contributed by atoms with Gasteiger partial charge in [0.25, 0.3) is 0 Å². The van der Waals surface area contributed by atoms with Crippen molar-refractivity contribution in [2.45, 2.75) is 6.54 Å². The lowest BCUT2D eigenvalue weighted by Gasteiger charge is -2.12. The zero-order valence-corrected chi connectivity index (χ0v) is 12.4. The van der Waals surface area contributed by atoms with E-state index in [1.807, 2.05) is 42.7 Å². The summed E-state index contributed by atoms with van der Waals surface area (Å²) in [7, 11) is 1.65. The van der Waals surface area contributed by atoms with Gasteiger partial charge < -0.3 is 10.1 Å². The Morgan fingerprint density at radius 1 is 1.14 bits per heavy atom. The van der Waals surface area contributed by atoms with Crippen LogP contribution in [-0.4, -0.2) is 12.1 Å². The lowest BCUT2D eigenvalue weighted by atomic mass is 10.1. The third-order valence-electron chi connectivity index (χ3n) is 3.38. The average Bonchev–Trinajstić information content (AvgIpc) is 2.53. The molecular weight excluding hydrogens is 284 g/mol. The van der Waals surface area contributed by atoms with Crippen LogP contribution in [0, 0.1) is 0 Å². The molecule has 0 spiro atoms. The Labute approximate surface area is 128 Å². The van der Waals surface area contributed by atoms with Gasteiger partial charge in [0.05, 0.1) is 12.8 Å². The summed E-state index contributed by atoms with van der Waals surface area (Å²) in [5.74, 6) is 0.771. The molecule has 0 saturated carbocycles. The van der Waals surface area contributed by atoms with Gasteiger partial charge >= 0.3 is 0 Å². The lowest BCUT2D eigenvalue weighted by Crippen LogP contribution is -2.02. The molecule has 3 nitrogen and oxygen atoms in total. The summed E-state index contributed by atoms with van der Waals surface area (Å²) in [6.45, 7) is 0.658. The second kappa shape index (κ2) is 6.02. The van der Waals surface area contributed by atoms with Crippen molar-refractivity contribution in [1.82, 2.24) is 4.98 Å². The zero-order chi connectivity index (χ0) is 14.7. The zero-order valence-electron chi connectivity index (χ0n) is 11.6. The van der Waals surface area contributed by atoms with Gasteiger partial charge in [-0.1, -0.05) is 35.9 Å². The van der Waals surface area contributed by atoms with Crippen LogP contribution in [0.4, 0.5) is 5.69 Å². The molecule has 0 atom stereocenters. The molecule has 0 fully saturated rings. The first kappa shape index (κ1) is 13.7. The fraction of sp³-hybridized carbons (Fsp3) is 0.118. The molecule has 0 aliphatic heterocycles. The number of fused-ring (bicyclic) bond motifs is 1. The van der Waals surface area contributed by atoms with Crippen molar-refractivity contribution in [3.8, 4) is 5.75 Å². The Morgan fingerprint density at radius 2 is 2.00 bits per heavy atom. The lowest BCUT2D eigenvalue weighted by molar-refractivity contribution is 0.416. The first-order valence-electron chi connectivity index (χ1n) is 6.67. The van der Waals surface area contributed by atoms with Crippen LogP contribution in [0.1, 0.15) is 5.56 Å². The minimum Gasteiger partial charge on any atom is -0.495 e. The number of ether oxygens (including phenoxy) is 1. The van der Waals surface area contributed by atoms with E-state index < -0.39 is 0 Å². The molecule has 0 radical (unpaired) electrons. The van der Waals surface area contributed by atoms with Crippen LogP contribution in [-0.2, 0) is 6.54 Å². The number of rotatable bonds is 4. The van der Waals surface area contributed by atoms with E-state index in [1.54, 1.807) is 7.11 Å². The summed E-state index contributed by atoms with van der Waals surface area (Å²) in [6.07, 6.45) is 3.76. The van der Waals surface area contributed by atoms with Gasteiger partial charge in [0, 0.05) is 29.3 Å². The highest BCUT2D eigenvalue weighted by atomic mass is 35.5. The standard InChI is InChI=1S/C17H15ClN2O/c1-21-17-7-6-14(18)8-16(17)20-11-13-10-19-9-12-4-2-3-5-15(12)13/h2-10,20H,11H2,1H3. The van der Waals surface area contributed by atoms with Gasteiger partial charge in [-0.05, 0) is 29.1 Å². The fourth-order valence-electron chi connectivity index (χ4n) is 2.33. The van der Waals surface area contributed by atoms with Crippen LogP contribution < -0.4 is 10.1 Å². The number of hydrogen-bond acceptors (Lipinski definition) is 3. The Hall–Kier alpha value is -2.26. The van der Waals surface area contributed by atoms with Crippen LogP contribution in [0.5, 0.6) is 5.75 Å². The molecule has 1 heterocycles. The SMILES string of the molecule is COc1ccc(Cl)cc1NCc1cncc2ccccc12. The summed E-state index contributed by atoms with van der Waals surface area (Å²) in [6, 6.07) is 13.7. The van der Waals surface area contributed by atoms with Crippen LogP contribution in [0.2, 0.25) is 5.02 Å². The Morgan fingerprint density at radius 3 is 2.86 bits per heavy atom. The van der Waals surface area contributed by atoms with Crippen molar-refractivity contribution < 1.29 is 4.74 Å². The smallest absolute Gasteiger partial charge is 0.142 e. The highest BCUT2D eigenvalue weighted by Crippen LogP contribution is 2.28. The molecule has 21 heavy (non-hydrogen) atoms. The Balaban J connectivity index is 1.89. The quantitative estimate of drug-likeness (QED) is 0.769. The summed E-state index contributed by atoms with van der Waals surface area (Å²) in [5, 5.41) is 6.37. The minimum atomic E-state index is 0.658. The number of benzene rings is 2. The second-order valence-electron chi connectivity index (χ2n) is 4.72. The van der Waals surface area contributed by atoms with Gasteiger partial charge in [0.1, 0.15) is 5.75 Å². The van der Waals surface area contributed by atoms with E-state index in [0.29, 0.717) is 11.6 Å². The highest BCUT2D eigenvalue weighted by Gasteiger charge is 2.05. The maximum absolute atomic E-state index is 6.04. The summed E-state index contributed by atoms with van der Waals surface area (Å²) in [4.78, 5) is 4.29. The van der Waals surface area contributed by atoms with E-state index in [1.165, 1.54) is 5.39 Å². The number of aromatic nitrogens is 1. The molecule has 1 N–H and O–H groups in total. The molecule has 0 amide bonds. The third kappa shape index (κ3) is 2.93. The maximum atomic E-state index is 6.04. The summed E-state index contributed by atoms with van der Waals surface area (Å²) >= 11 is 6.04. The van der Waals surface area contributed by atoms with E-state index in [4.69, 9.17) is 16.3 Å². The van der Waals surface area contributed by atoms with Gasteiger partial charge in [0.2, 0.25) is 0 Å². The number of halogens is 1. The molecule has 1 aromatic heterocycles. The highest BCUT2D eigenvalue weighted by molar-refractivity contribution is 6.30. The normalized spacial score (nSPS) is 10.6. The van der Waals surface area contributed by atoms with E-state index >= 15 is 0 Å². The number of hydrogen-bond donors (Lipinski definition) is 1. The largest absolute Gasteiger partial charge is 0.495 e. The van der Waals surface area contributed by atoms with Crippen LogP contribution >= 0.6 is 11.6 Å². The van der Waals surface area contributed by atoms with Crippen molar-refractivity contribution >= 4 is 28.1 Å². The molecule has 0 aliphatic rings. The first-order valence-corrected chi connectivity index (χ1v) is 7.05. The van der Waals surface area contributed by atoms with E-state index in [9.17, 15) is 0 Å². The average molecular weight is 299 g/mol. The van der Waals surface area contributed by atoms with Gasteiger partial charge in [-0.2, -0.15) is 0 Å². The molecule has 106 valence electrons. The van der Waals surface area contributed by atoms with Crippen molar-refractivity contribution in [2.24, 2.45) is 0 Å². The second-order valence-corrected chi connectivity index (χ2v) is 5.15. The van der Waals surface area contributed by atoms with Crippen molar-refractivity contribution in [2.75, 3.05) is 12.4 Å². The number of nitrogens with zero attached hydrogens (tertiary/aromatic N) is 1. The van der Waals surface area contributed by atoms with Gasteiger partial charge in [0.15, 0.2) is 0 Å². The molecule has 3 aromatic rings. The van der Waals surface area contributed by atoms with Gasteiger partial charge in [-0.3, -0.25) is 4.98 Å². The van der Waals surface area contributed by atoms with Crippen molar-refractivity contribution in [1.29, 1.82) is 0 Å². The topological polar surface area (TPSA) is 34.1 Å². The van der Waals surface area contributed by atoms with Gasteiger partial charge in [-0.25, -0.2) is 0 Å². The predicted molar refractivity (Wildman–Crippen MR) is 87.1 cm³/mol. The first-order chi connectivity index (χ1) is 10.3. The monoisotopic (exact) mass is 298 g/mol. The summed E-state index contributed by atoms with van der Waals surface area (Å²) in [5.41, 5.74) is 2.01. The Bertz CT molecular complexity index is 768. The molecular formula is C17H15ClN2O. The van der Waals surface area contributed by atoms with Crippen molar-refractivity contribution in [3.05, 3.63) is 65.4 Å². The molecule has 0 aliphatic carbocycles. The number of pyridine rings is 1. The van der Waals surface area contributed by atoms with Gasteiger partial charge in [-0.15, -0.1) is 0 Å². The van der Waals surface area contributed by atoms with E-state index in [2.05, 4.69) is 22.4 Å². The molecule has 0 bridgehead atoms.